The number of fused-ring (bicyclic) bond motifs is 1. The number of nitrogens with one attached hydrogen (secondary N) is 1. The molecule has 0 aliphatic heterocycles. The number of benzene rings is 2. The average molecular weight is 510 g/mol. The second-order valence-corrected chi connectivity index (χ2v) is 10.1. The van der Waals surface area contributed by atoms with Crippen molar-refractivity contribution in [1.82, 2.24) is 15.3 Å². The molecule has 196 valence electrons. The summed E-state index contributed by atoms with van der Waals surface area (Å²) in [5.41, 5.74) is 12.9. The summed E-state index contributed by atoms with van der Waals surface area (Å²) in [6.45, 7) is 8.00. The standard InChI is InChI=1S/C31H35N5O2/c1-6-22-12-20(7-8-26(22)29(32)33-5)18-36-30(37)23-9-10-34-25(16-23)14-21-13-24-11-19(2)17-35-28(24)27(15-21)31(3,4)38/h7-13,15-17,38H,6,14,18H2,1-5H3,(H2,32,33)(H,36,37). The maximum absolute atomic E-state index is 13.0. The van der Waals surface area contributed by atoms with Crippen molar-refractivity contribution in [1.29, 1.82) is 0 Å². The molecule has 7 nitrogen and oxygen atoms in total. The van der Waals surface area contributed by atoms with Crippen molar-refractivity contribution in [3.8, 4) is 0 Å². The van der Waals surface area contributed by atoms with E-state index in [1.165, 1.54) is 0 Å². The number of aryl methyl sites for hydroxylation is 2. The first-order valence-electron chi connectivity index (χ1n) is 12.8. The number of pyridine rings is 2. The van der Waals surface area contributed by atoms with Gasteiger partial charge in [-0.2, -0.15) is 0 Å². The van der Waals surface area contributed by atoms with Gasteiger partial charge < -0.3 is 16.2 Å². The smallest absolute Gasteiger partial charge is 0.251 e. The van der Waals surface area contributed by atoms with Crippen LogP contribution in [0.1, 0.15) is 70.2 Å². The largest absolute Gasteiger partial charge is 0.386 e. The lowest BCUT2D eigenvalue weighted by Gasteiger charge is -2.21. The molecule has 2 heterocycles. The average Bonchev–Trinajstić information content (AvgIpc) is 2.90. The Kier molecular flexibility index (Phi) is 7.88. The summed E-state index contributed by atoms with van der Waals surface area (Å²) in [5, 5.41) is 14.8. The van der Waals surface area contributed by atoms with E-state index >= 15 is 0 Å². The topological polar surface area (TPSA) is 113 Å². The van der Waals surface area contributed by atoms with E-state index < -0.39 is 5.60 Å². The fourth-order valence-corrected chi connectivity index (χ4v) is 4.62. The SMILES string of the molecule is CCc1cc(CNC(=O)c2ccnc(Cc3cc(C(C)(C)O)c4ncc(C)cc4c3)c2)ccc1C(N)=NC. The van der Waals surface area contributed by atoms with Crippen molar-refractivity contribution >= 4 is 22.6 Å². The monoisotopic (exact) mass is 509 g/mol. The number of hydrogen-bond donors (Lipinski definition) is 3. The van der Waals surface area contributed by atoms with Gasteiger partial charge in [0.05, 0.1) is 11.1 Å². The summed E-state index contributed by atoms with van der Waals surface area (Å²) in [6, 6.07) is 15.6. The number of aromatic nitrogens is 2. The van der Waals surface area contributed by atoms with Crippen molar-refractivity contribution in [2.45, 2.75) is 52.7 Å². The summed E-state index contributed by atoms with van der Waals surface area (Å²) in [4.78, 5) is 26.1. The van der Waals surface area contributed by atoms with E-state index in [4.69, 9.17) is 5.73 Å². The lowest BCUT2D eigenvalue weighted by molar-refractivity contribution is 0.0799. The second-order valence-electron chi connectivity index (χ2n) is 10.1. The minimum Gasteiger partial charge on any atom is -0.386 e. The number of rotatable bonds is 8. The van der Waals surface area contributed by atoms with Crippen molar-refractivity contribution in [2.75, 3.05) is 7.05 Å². The van der Waals surface area contributed by atoms with Crippen LogP contribution in [0.5, 0.6) is 0 Å². The highest BCUT2D eigenvalue weighted by Crippen LogP contribution is 2.30. The van der Waals surface area contributed by atoms with Crippen LogP contribution < -0.4 is 11.1 Å². The summed E-state index contributed by atoms with van der Waals surface area (Å²) in [7, 11) is 1.68. The van der Waals surface area contributed by atoms with E-state index in [1.807, 2.05) is 37.4 Å². The number of carbonyl (C=O) groups is 1. The molecule has 4 N–H and O–H groups in total. The summed E-state index contributed by atoms with van der Waals surface area (Å²) >= 11 is 0. The van der Waals surface area contributed by atoms with Crippen LogP contribution in [-0.4, -0.2) is 33.9 Å². The van der Waals surface area contributed by atoms with Gasteiger partial charge in [0, 0.05) is 60.2 Å². The number of amides is 1. The van der Waals surface area contributed by atoms with Gasteiger partial charge in [-0.1, -0.05) is 31.2 Å². The molecular weight excluding hydrogens is 474 g/mol. The van der Waals surface area contributed by atoms with Crippen LogP contribution in [0.4, 0.5) is 0 Å². The zero-order valence-corrected chi connectivity index (χ0v) is 22.7. The van der Waals surface area contributed by atoms with Crippen LogP contribution in [0.15, 0.2) is 65.9 Å². The van der Waals surface area contributed by atoms with Gasteiger partial charge in [-0.3, -0.25) is 19.8 Å². The highest BCUT2D eigenvalue weighted by Gasteiger charge is 2.21. The normalized spacial score (nSPS) is 12.1. The van der Waals surface area contributed by atoms with E-state index in [1.54, 1.807) is 33.2 Å². The molecule has 38 heavy (non-hydrogen) atoms. The van der Waals surface area contributed by atoms with Crippen molar-refractivity contribution in [3.63, 3.8) is 0 Å². The quantitative estimate of drug-likeness (QED) is 0.238. The van der Waals surface area contributed by atoms with E-state index in [0.29, 0.717) is 24.4 Å². The number of amidine groups is 1. The molecule has 7 heteroatoms. The number of aliphatic hydroxyl groups is 1. The molecule has 0 saturated carbocycles. The van der Waals surface area contributed by atoms with E-state index in [-0.39, 0.29) is 5.91 Å². The molecule has 2 aromatic carbocycles. The summed E-state index contributed by atoms with van der Waals surface area (Å²) in [5.74, 6) is 0.343. The Balaban J connectivity index is 1.53. The second kappa shape index (κ2) is 11.1. The molecule has 0 bridgehead atoms. The lowest BCUT2D eigenvalue weighted by Crippen LogP contribution is -2.23. The van der Waals surface area contributed by atoms with Gasteiger partial charge in [0.15, 0.2) is 0 Å². The van der Waals surface area contributed by atoms with Crippen LogP contribution >= 0.6 is 0 Å². The molecule has 0 unspecified atom stereocenters. The number of nitrogens with zero attached hydrogens (tertiary/aromatic N) is 3. The van der Waals surface area contributed by atoms with Crippen LogP contribution in [0, 0.1) is 6.92 Å². The predicted octanol–water partition coefficient (Wildman–Crippen LogP) is 4.58. The number of hydrogen-bond acceptors (Lipinski definition) is 5. The Bertz CT molecular complexity index is 1520. The van der Waals surface area contributed by atoms with E-state index in [2.05, 4.69) is 45.4 Å². The zero-order chi connectivity index (χ0) is 27.4. The van der Waals surface area contributed by atoms with Gasteiger partial charge in [-0.05, 0) is 73.7 Å². The first kappa shape index (κ1) is 26.9. The first-order valence-corrected chi connectivity index (χ1v) is 12.8. The molecule has 0 radical (unpaired) electrons. The van der Waals surface area contributed by atoms with Crippen LogP contribution in [-0.2, 0) is 25.0 Å². The first-order chi connectivity index (χ1) is 18.1. The highest BCUT2D eigenvalue weighted by molar-refractivity contribution is 5.99. The van der Waals surface area contributed by atoms with E-state index in [0.717, 1.165) is 56.4 Å². The predicted molar refractivity (Wildman–Crippen MR) is 152 cm³/mol. The van der Waals surface area contributed by atoms with Gasteiger partial charge in [0.25, 0.3) is 5.91 Å². The van der Waals surface area contributed by atoms with Crippen LogP contribution in [0.25, 0.3) is 10.9 Å². The molecule has 0 spiro atoms. The van der Waals surface area contributed by atoms with Crippen molar-refractivity contribution in [2.24, 2.45) is 10.7 Å². The fraction of sp³-hybridized carbons (Fsp3) is 0.290. The zero-order valence-electron chi connectivity index (χ0n) is 22.7. The maximum Gasteiger partial charge on any atom is 0.251 e. The Morgan fingerprint density at radius 1 is 1.08 bits per heavy atom. The minimum absolute atomic E-state index is 0.166. The third-order valence-electron chi connectivity index (χ3n) is 6.62. The molecule has 0 saturated heterocycles. The molecule has 0 atom stereocenters. The van der Waals surface area contributed by atoms with Gasteiger partial charge in [-0.15, -0.1) is 0 Å². The number of aliphatic imine (C=N–C) groups is 1. The molecule has 4 rings (SSSR count). The Morgan fingerprint density at radius 2 is 1.87 bits per heavy atom. The van der Waals surface area contributed by atoms with Gasteiger partial charge in [0.1, 0.15) is 5.84 Å². The maximum atomic E-state index is 13.0. The third kappa shape index (κ3) is 6.06. The lowest BCUT2D eigenvalue weighted by atomic mass is 9.91. The third-order valence-corrected chi connectivity index (χ3v) is 6.62. The van der Waals surface area contributed by atoms with Crippen LogP contribution in [0.2, 0.25) is 0 Å². The van der Waals surface area contributed by atoms with Crippen LogP contribution in [0.3, 0.4) is 0 Å². The fourth-order valence-electron chi connectivity index (χ4n) is 4.62. The molecule has 0 aliphatic carbocycles. The molecule has 4 aromatic rings. The van der Waals surface area contributed by atoms with Gasteiger partial charge in [-0.25, -0.2) is 0 Å². The summed E-state index contributed by atoms with van der Waals surface area (Å²) in [6.07, 6.45) is 4.81. The summed E-state index contributed by atoms with van der Waals surface area (Å²) < 4.78 is 0. The molecule has 0 fully saturated rings. The van der Waals surface area contributed by atoms with E-state index in [9.17, 15) is 9.90 Å². The van der Waals surface area contributed by atoms with Crippen molar-refractivity contribution in [3.05, 3.63) is 106 Å². The molecular formula is C31H35N5O2. The number of carbonyl (C=O) groups excluding carboxylic acids is 1. The Morgan fingerprint density at radius 3 is 2.58 bits per heavy atom. The highest BCUT2D eigenvalue weighted by atomic mass is 16.3. The Labute approximate surface area is 223 Å². The van der Waals surface area contributed by atoms with Gasteiger partial charge in [0.2, 0.25) is 0 Å². The number of nitrogens with two attached hydrogens (primary N) is 1. The Hall–Kier alpha value is -4.10. The van der Waals surface area contributed by atoms with Crippen molar-refractivity contribution < 1.29 is 9.90 Å². The molecule has 2 aromatic heterocycles. The minimum atomic E-state index is -1.05. The molecule has 0 aliphatic rings. The molecule has 1 amide bonds. The van der Waals surface area contributed by atoms with Gasteiger partial charge >= 0.3 is 0 Å².